The van der Waals surface area contributed by atoms with Gasteiger partial charge in [0.1, 0.15) is 4.88 Å². The van der Waals surface area contributed by atoms with Crippen LogP contribution in [0.3, 0.4) is 0 Å². The van der Waals surface area contributed by atoms with Crippen LogP contribution in [-0.2, 0) is 0 Å². The first-order valence-corrected chi connectivity index (χ1v) is 7.84. The van der Waals surface area contributed by atoms with E-state index < -0.39 is 0 Å². The molecule has 19 heavy (non-hydrogen) atoms. The van der Waals surface area contributed by atoms with Gasteiger partial charge in [-0.3, -0.25) is 4.79 Å². The van der Waals surface area contributed by atoms with Crippen molar-refractivity contribution in [3.05, 3.63) is 15.6 Å². The molecule has 0 bridgehead atoms. The van der Waals surface area contributed by atoms with Crippen molar-refractivity contribution in [2.75, 3.05) is 20.1 Å². The minimum absolute atomic E-state index is 0.184. The van der Waals surface area contributed by atoms with Crippen molar-refractivity contribution in [1.82, 2.24) is 15.2 Å². The van der Waals surface area contributed by atoms with E-state index in [4.69, 9.17) is 0 Å². The maximum atomic E-state index is 12.7. The minimum Gasteiger partial charge on any atom is -0.335 e. The smallest absolute Gasteiger partial charge is 0.266 e. The molecule has 1 atom stereocenters. The lowest BCUT2D eigenvalue weighted by molar-refractivity contribution is 0.0606. The Bertz CT molecular complexity index is 444. The third kappa shape index (κ3) is 3.34. The van der Waals surface area contributed by atoms with Crippen LogP contribution in [0.1, 0.15) is 46.1 Å². The zero-order chi connectivity index (χ0) is 13.8. The molecule has 4 nitrogen and oxygen atoms in total. The molecule has 106 valence electrons. The van der Waals surface area contributed by atoms with Crippen LogP contribution in [-0.4, -0.2) is 42.0 Å². The van der Waals surface area contributed by atoms with Gasteiger partial charge in [-0.2, -0.15) is 0 Å². The average molecular weight is 281 g/mol. The van der Waals surface area contributed by atoms with Gasteiger partial charge in [0.15, 0.2) is 0 Å². The van der Waals surface area contributed by atoms with Crippen LogP contribution in [0.2, 0.25) is 0 Å². The lowest BCUT2D eigenvalue weighted by Crippen LogP contribution is -2.44. The zero-order valence-electron chi connectivity index (χ0n) is 12.0. The van der Waals surface area contributed by atoms with E-state index >= 15 is 0 Å². The van der Waals surface area contributed by atoms with Crippen LogP contribution >= 0.6 is 11.3 Å². The zero-order valence-corrected chi connectivity index (χ0v) is 12.8. The summed E-state index contributed by atoms with van der Waals surface area (Å²) in [7, 11) is 1.96. The van der Waals surface area contributed by atoms with Crippen molar-refractivity contribution in [1.29, 1.82) is 0 Å². The number of carbonyl (C=O) groups is 1. The molecule has 0 aliphatic carbocycles. The molecule has 2 heterocycles. The van der Waals surface area contributed by atoms with Gasteiger partial charge < -0.3 is 10.2 Å². The Labute approximate surface area is 119 Å². The average Bonchev–Trinajstić information content (AvgIpc) is 2.75. The summed E-state index contributed by atoms with van der Waals surface area (Å²) in [5.74, 6) is 0.184. The lowest BCUT2D eigenvalue weighted by atomic mass is 9.99. The molecular formula is C14H23N3OS. The fourth-order valence-corrected chi connectivity index (χ4v) is 3.62. The third-order valence-electron chi connectivity index (χ3n) is 3.71. The van der Waals surface area contributed by atoms with Crippen molar-refractivity contribution in [2.45, 2.75) is 45.6 Å². The van der Waals surface area contributed by atoms with Gasteiger partial charge in [-0.15, -0.1) is 11.3 Å². The van der Waals surface area contributed by atoms with E-state index in [1.165, 1.54) is 17.8 Å². The molecule has 1 saturated heterocycles. The monoisotopic (exact) mass is 281 g/mol. The predicted octanol–water partition coefficient (Wildman–Crippen LogP) is 2.36. The number of thiazole rings is 1. The summed E-state index contributed by atoms with van der Waals surface area (Å²) in [6.07, 6.45) is 4.53. The molecule has 1 fully saturated rings. The number of hydrogen-bond donors (Lipinski definition) is 1. The fraction of sp³-hybridized carbons (Fsp3) is 0.714. The van der Waals surface area contributed by atoms with Gasteiger partial charge in [0.05, 0.1) is 10.7 Å². The normalized spacial score (nSPS) is 19.7. The van der Waals surface area contributed by atoms with E-state index in [1.54, 1.807) is 0 Å². The number of aryl methyl sites for hydroxylation is 2. The van der Waals surface area contributed by atoms with E-state index in [0.717, 1.165) is 47.9 Å². The Morgan fingerprint density at radius 1 is 1.47 bits per heavy atom. The van der Waals surface area contributed by atoms with Crippen LogP contribution in [0, 0.1) is 13.8 Å². The topological polar surface area (TPSA) is 45.2 Å². The number of amides is 1. The third-order valence-corrected chi connectivity index (χ3v) is 4.77. The van der Waals surface area contributed by atoms with Crippen LogP contribution < -0.4 is 5.32 Å². The molecule has 0 aromatic carbocycles. The number of likely N-dealkylation sites (tertiary alicyclic amines) is 1. The number of carbonyl (C=O) groups excluding carboxylic acids is 1. The Balaban J connectivity index is 2.13. The summed E-state index contributed by atoms with van der Waals surface area (Å²) >= 11 is 1.52. The van der Waals surface area contributed by atoms with Crippen molar-refractivity contribution in [3.8, 4) is 0 Å². The van der Waals surface area contributed by atoms with Gasteiger partial charge in [0, 0.05) is 12.6 Å². The van der Waals surface area contributed by atoms with E-state index in [-0.39, 0.29) is 5.91 Å². The van der Waals surface area contributed by atoms with Gasteiger partial charge in [0.25, 0.3) is 5.91 Å². The highest BCUT2D eigenvalue weighted by molar-refractivity contribution is 7.13. The molecular weight excluding hydrogens is 258 g/mol. The van der Waals surface area contributed by atoms with Crippen molar-refractivity contribution < 1.29 is 4.79 Å². The van der Waals surface area contributed by atoms with Gasteiger partial charge in [0.2, 0.25) is 0 Å². The van der Waals surface area contributed by atoms with E-state index in [9.17, 15) is 4.79 Å². The summed E-state index contributed by atoms with van der Waals surface area (Å²) in [6, 6.07) is 0.385. The Kier molecular flexibility index (Phi) is 4.93. The minimum atomic E-state index is 0.184. The fourth-order valence-electron chi connectivity index (χ4n) is 2.74. The highest BCUT2D eigenvalue weighted by Crippen LogP contribution is 2.25. The van der Waals surface area contributed by atoms with Gasteiger partial charge >= 0.3 is 0 Å². The second-order valence-corrected chi connectivity index (χ2v) is 6.39. The molecule has 5 heteroatoms. The Morgan fingerprint density at radius 3 is 2.89 bits per heavy atom. The van der Waals surface area contributed by atoms with E-state index in [1.807, 2.05) is 20.9 Å². The summed E-state index contributed by atoms with van der Waals surface area (Å²) in [4.78, 5) is 20.0. The molecule has 1 aromatic heterocycles. The van der Waals surface area contributed by atoms with Crippen LogP contribution in [0.25, 0.3) is 0 Å². The SMILES string of the molecule is CNCCC1CCCCN1C(=O)c1sc(C)nc1C. The standard InChI is InChI=1S/C14H23N3OS/c1-10-13(19-11(2)16-10)14(18)17-9-5-4-6-12(17)7-8-15-3/h12,15H,4-9H2,1-3H3. The largest absolute Gasteiger partial charge is 0.335 e. The first-order valence-electron chi connectivity index (χ1n) is 7.03. The van der Waals surface area contributed by atoms with E-state index in [0.29, 0.717) is 6.04 Å². The van der Waals surface area contributed by atoms with Crippen molar-refractivity contribution in [2.24, 2.45) is 0 Å². The molecule has 0 saturated carbocycles. The molecule has 1 aliphatic heterocycles. The Morgan fingerprint density at radius 2 is 2.26 bits per heavy atom. The van der Waals surface area contributed by atoms with Crippen LogP contribution in [0.4, 0.5) is 0 Å². The number of piperidine rings is 1. The number of aromatic nitrogens is 1. The van der Waals surface area contributed by atoms with Crippen LogP contribution in [0.15, 0.2) is 0 Å². The molecule has 2 rings (SSSR count). The lowest BCUT2D eigenvalue weighted by Gasteiger charge is -2.35. The number of nitrogens with zero attached hydrogens (tertiary/aromatic N) is 2. The molecule has 1 aliphatic rings. The Hall–Kier alpha value is -0.940. The second kappa shape index (κ2) is 6.48. The predicted molar refractivity (Wildman–Crippen MR) is 78.8 cm³/mol. The first-order chi connectivity index (χ1) is 9.13. The number of nitrogens with one attached hydrogen (secondary N) is 1. The van der Waals surface area contributed by atoms with Gasteiger partial charge in [-0.05, 0) is 53.1 Å². The quantitative estimate of drug-likeness (QED) is 0.921. The van der Waals surface area contributed by atoms with E-state index in [2.05, 4.69) is 15.2 Å². The first kappa shape index (κ1) is 14.5. The summed E-state index contributed by atoms with van der Waals surface area (Å²) < 4.78 is 0. The molecule has 0 spiro atoms. The summed E-state index contributed by atoms with van der Waals surface area (Å²) in [5.41, 5.74) is 0.880. The summed E-state index contributed by atoms with van der Waals surface area (Å²) in [6.45, 7) is 5.76. The van der Waals surface area contributed by atoms with Gasteiger partial charge in [-0.1, -0.05) is 0 Å². The molecule has 1 aromatic rings. The van der Waals surface area contributed by atoms with Gasteiger partial charge in [-0.25, -0.2) is 4.98 Å². The van der Waals surface area contributed by atoms with Crippen molar-refractivity contribution >= 4 is 17.2 Å². The van der Waals surface area contributed by atoms with Crippen LogP contribution in [0.5, 0.6) is 0 Å². The highest BCUT2D eigenvalue weighted by atomic mass is 32.1. The maximum Gasteiger partial charge on any atom is 0.266 e. The summed E-state index contributed by atoms with van der Waals surface area (Å²) in [5, 5.41) is 4.16. The molecule has 1 N–H and O–H groups in total. The molecule has 1 amide bonds. The number of hydrogen-bond acceptors (Lipinski definition) is 4. The highest BCUT2D eigenvalue weighted by Gasteiger charge is 2.29. The molecule has 1 unspecified atom stereocenters. The second-order valence-electron chi connectivity index (χ2n) is 5.19. The number of rotatable bonds is 4. The molecule has 0 radical (unpaired) electrons. The van der Waals surface area contributed by atoms with Crippen molar-refractivity contribution in [3.63, 3.8) is 0 Å². The maximum absolute atomic E-state index is 12.7.